The van der Waals surface area contributed by atoms with E-state index in [4.69, 9.17) is 16.3 Å². The molecule has 1 heterocycles. The fraction of sp³-hybridized carbons (Fsp3) is 0.579. The molecule has 0 spiro atoms. The van der Waals surface area contributed by atoms with Gasteiger partial charge in [0.15, 0.2) is 11.6 Å². The minimum absolute atomic E-state index is 0.0901. The summed E-state index contributed by atoms with van der Waals surface area (Å²) < 4.78 is 19.0. The first-order chi connectivity index (χ1) is 11.4. The molecule has 5 heteroatoms. The van der Waals surface area contributed by atoms with E-state index in [1.807, 2.05) is 0 Å². The first kappa shape index (κ1) is 19.2. The van der Waals surface area contributed by atoms with Crippen LogP contribution >= 0.6 is 11.6 Å². The number of aliphatic hydroxyl groups excluding tert-OH is 1. The molecular weight excluding hydrogens is 329 g/mol. The summed E-state index contributed by atoms with van der Waals surface area (Å²) in [5, 5.41) is 10.2. The normalized spacial score (nSPS) is 21.6. The van der Waals surface area contributed by atoms with Crippen molar-refractivity contribution in [3.05, 3.63) is 40.2 Å². The zero-order valence-corrected chi connectivity index (χ0v) is 15.5. The van der Waals surface area contributed by atoms with Gasteiger partial charge in [-0.2, -0.15) is 0 Å². The van der Waals surface area contributed by atoms with Crippen molar-refractivity contribution in [2.75, 3.05) is 26.8 Å². The molecule has 24 heavy (non-hydrogen) atoms. The van der Waals surface area contributed by atoms with Crippen LogP contribution in [0.15, 0.2) is 23.8 Å². The molecule has 1 aliphatic heterocycles. The number of aliphatic hydroxyl groups is 1. The first-order valence-electron chi connectivity index (χ1n) is 8.37. The molecule has 1 N–H and O–H groups in total. The Morgan fingerprint density at radius 3 is 2.79 bits per heavy atom. The van der Waals surface area contributed by atoms with Gasteiger partial charge in [0.05, 0.1) is 18.7 Å². The van der Waals surface area contributed by atoms with Crippen LogP contribution < -0.4 is 4.74 Å². The number of piperidine rings is 1. The third kappa shape index (κ3) is 4.71. The van der Waals surface area contributed by atoms with E-state index in [2.05, 4.69) is 24.8 Å². The van der Waals surface area contributed by atoms with Gasteiger partial charge in [0.25, 0.3) is 0 Å². The maximum atomic E-state index is 14.0. The zero-order valence-electron chi connectivity index (χ0n) is 14.7. The van der Waals surface area contributed by atoms with Crippen molar-refractivity contribution in [3.63, 3.8) is 0 Å². The molecule has 1 aliphatic rings. The van der Waals surface area contributed by atoms with Crippen molar-refractivity contribution >= 4 is 11.6 Å². The highest BCUT2D eigenvalue weighted by molar-refractivity contribution is 6.32. The monoisotopic (exact) mass is 355 g/mol. The van der Waals surface area contributed by atoms with Crippen LogP contribution in [0, 0.1) is 11.2 Å². The fourth-order valence-corrected chi connectivity index (χ4v) is 3.69. The van der Waals surface area contributed by atoms with Gasteiger partial charge in [-0.3, -0.25) is 4.90 Å². The largest absolute Gasteiger partial charge is 0.492 e. The van der Waals surface area contributed by atoms with Crippen LogP contribution in [0.2, 0.25) is 5.02 Å². The number of allylic oxidation sites excluding steroid dienone is 2. The Morgan fingerprint density at radius 1 is 1.46 bits per heavy atom. The molecule has 3 nitrogen and oxygen atoms in total. The lowest BCUT2D eigenvalue weighted by Crippen LogP contribution is -2.44. The topological polar surface area (TPSA) is 32.7 Å². The molecule has 0 aromatic heterocycles. The summed E-state index contributed by atoms with van der Waals surface area (Å²) in [5.41, 5.74) is 1.99. The van der Waals surface area contributed by atoms with Gasteiger partial charge in [0.1, 0.15) is 0 Å². The van der Waals surface area contributed by atoms with E-state index in [9.17, 15) is 9.50 Å². The summed E-state index contributed by atoms with van der Waals surface area (Å²) in [4.78, 5) is 2.27. The van der Waals surface area contributed by atoms with Crippen molar-refractivity contribution in [3.8, 4) is 5.75 Å². The number of hydrogen-bond acceptors (Lipinski definition) is 3. The van der Waals surface area contributed by atoms with Crippen LogP contribution in [0.5, 0.6) is 5.75 Å². The van der Waals surface area contributed by atoms with E-state index in [1.54, 1.807) is 6.07 Å². The van der Waals surface area contributed by atoms with E-state index >= 15 is 0 Å². The molecule has 0 radical (unpaired) electrons. The van der Waals surface area contributed by atoms with Crippen molar-refractivity contribution in [2.24, 2.45) is 5.41 Å². The lowest BCUT2D eigenvalue weighted by molar-refractivity contribution is 0.0307. The number of ether oxygens (including phenoxy) is 1. The second-order valence-corrected chi connectivity index (χ2v) is 7.46. The molecule has 1 atom stereocenters. The molecule has 1 unspecified atom stereocenters. The third-order valence-corrected chi connectivity index (χ3v) is 4.97. The highest BCUT2D eigenvalue weighted by Gasteiger charge is 2.34. The smallest absolute Gasteiger partial charge is 0.173 e. The molecule has 1 saturated heterocycles. The van der Waals surface area contributed by atoms with Crippen LogP contribution in [0.3, 0.4) is 0 Å². The summed E-state index contributed by atoms with van der Waals surface area (Å²) in [6.07, 6.45) is 5.12. The maximum absolute atomic E-state index is 14.0. The van der Waals surface area contributed by atoms with Crippen LogP contribution in [-0.2, 0) is 6.54 Å². The lowest BCUT2D eigenvalue weighted by Gasteiger charge is -2.41. The summed E-state index contributed by atoms with van der Waals surface area (Å²) in [6.45, 7) is 6.70. The first-order valence-corrected chi connectivity index (χ1v) is 8.75. The molecule has 0 amide bonds. The summed E-state index contributed by atoms with van der Waals surface area (Å²) >= 11 is 6.09. The average Bonchev–Trinajstić information content (AvgIpc) is 2.53. The van der Waals surface area contributed by atoms with Crippen molar-refractivity contribution < 1.29 is 14.2 Å². The van der Waals surface area contributed by atoms with Gasteiger partial charge in [-0.15, -0.1) is 0 Å². The highest BCUT2D eigenvalue weighted by Crippen LogP contribution is 2.35. The highest BCUT2D eigenvalue weighted by atomic mass is 35.5. The molecule has 1 aromatic rings. The number of hydrogen-bond donors (Lipinski definition) is 1. The minimum atomic E-state index is -0.435. The number of likely N-dealkylation sites (tertiary alicyclic amines) is 1. The molecule has 0 bridgehead atoms. The Labute approximate surface area is 149 Å². The van der Waals surface area contributed by atoms with Crippen LogP contribution in [0.25, 0.3) is 0 Å². The molecular formula is C19H27ClFNO2. The quantitative estimate of drug-likeness (QED) is 0.767. The van der Waals surface area contributed by atoms with Crippen LogP contribution in [0.1, 0.15) is 38.7 Å². The standard InChI is InChI=1S/C19H27ClFNO2/c1-14(2)5-7-19(13-23)6-4-8-22(12-19)11-15-9-16(20)18(24-3)17(21)10-15/h5,9-10,23H,4,6-8,11-13H2,1-3H3. The van der Waals surface area contributed by atoms with E-state index in [1.165, 1.54) is 18.7 Å². The molecule has 1 fully saturated rings. The molecule has 2 rings (SSSR count). The summed E-state index contributed by atoms with van der Waals surface area (Å²) in [7, 11) is 1.41. The van der Waals surface area contributed by atoms with Crippen LogP contribution in [-0.4, -0.2) is 36.8 Å². The molecule has 0 saturated carbocycles. The predicted octanol–water partition coefficient (Wildman–Crippen LogP) is 4.42. The number of halogens is 2. The van der Waals surface area contributed by atoms with Gasteiger partial charge in [0, 0.05) is 18.5 Å². The fourth-order valence-electron chi connectivity index (χ4n) is 3.38. The Bertz CT molecular complexity index is 578. The van der Waals surface area contributed by atoms with Crippen molar-refractivity contribution in [1.29, 1.82) is 0 Å². The molecule has 134 valence electrons. The third-order valence-electron chi connectivity index (χ3n) is 4.69. The lowest BCUT2D eigenvalue weighted by atomic mass is 9.77. The average molecular weight is 356 g/mol. The van der Waals surface area contributed by atoms with Gasteiger partial charge in [-0.1, -0.05) is 23.3 Å². The zero-order chi connectivity index (χ0) is 17.7. The van der Waals surface area contributed by atoms with Gasteiger partial charge >= 0.3 is 0 Å². The van der Waals surface area contributed by atoms with Gasteiger partial charge in [-0.05, 0) is 57.4 Å². The minimum Gasteiger partial charge on any atom is -0.492 e. The second kappa shape index (κ2) is 8.32. The Balaban J connectivity index is 2.11. The second-order valence-electron chi connectivity index (χ2n) is 7.05. The van der Waals surface area contributed by atoms with Gasteiger partial charge < -0.3 is 9.84 Å². The maximum Gasteiger partial charge on any atom is 0.173 e. The summed E-state index contributed by atoms with van der Waals surface area (Å²) in [5.74, 6) is -0.345. The summed E-state index contributed by atoms with van der Waals surface area (Å²) in [6, 6.07) is 3.24. The van der Waals surface area contributed by atoms with E-state index in [0.717, 1.165) is 37.9 Å². The number of nitrogens with zero attached hydrogens (tertiary/aromatic N) is 1. The number of rotatable bonds is 6. The van der Waals surface area contributed by atoms with E-state index in [-0.39, 0.29) is 17.8 Å². The van der Waals surface area contributed by atoms with Gasteiger partial charge in [0.2, 0.25) is 0 Å². The SMILES string of the molecule is COc1c(F)cc(CN2CCCC(CO)(CC=C(C)C)C2)cc1Cl. The molecule has 1 aromatic carbocycles. The van der Waals surface area contributed by atoms with Gasteiger partial charge in [-0.25, -0.2) is 4.39 Å². The predicted molar refractivity (Wildman–Crippen MR) is 96.0 cm³/mol. The Hall–Kier alpha value is -1.10. The number of methoxy groups -OCH3 is 1. The Kier molecular flexibility index (Phi) is 6.67. The number of benzene rings is 1. The van der Waals surface area contributed by atoms with Crippen LogP contribution in [0.4, 0.5) is 4.39 Å². The van der Waals surface area contributed by atoms with Crippen molar-refractivity contribution in [1.82, 2.24) is 4.90 Å². The van der Waals surface area contributed by atoms with E-state index < -0.39 is 5.82 Å². The Morgan fingerprint density at radius 2 is 2.21 bits per heavy atom. The van der Waals surface area contributed by atoms with E-state index in [0.29, 0.717) is 11.6 Å². The molecule has 0 aliphatic carbocycles. The van der Waals surface area contributed by atoms with Crippen molar-refractivity contribution in [2.45, 2.75) is 39.7 Å².